The molecule has 0 fully saturated rings. The van der Waals surface area contributed by atoms with Gasteiger partial charge in [-0.05, 0) is 42.0 Å². The Labute approximate surface area is 209 Å². The van der Waals surface area contributed by atoms with Crippen LogP contribution >= 0.6 is 23.1 Å². The fraction of sp³-hybridized carbons (Fsp3) is 0.0500. The summed E-state index contributed by atoms with van der Waals surface area (Å²) < 4.78 is 93.4. The van der Waals surface area contributed by atoms with Crippen molar-refractivity contribution in [1.82, 2.24) is 14.3 Å². The maximum absolute atomic E-state index is 14.8. The first kappa shape index (κ1) is 25.4. The number of sulfonamides is 1. The predicted molar refractivity (Wildman–Crippen MR) is 123 cm³/mol. The molecule has 2 aromatic heterocycles. The summed E-state index contributed by atoms with van der Waals surface area (Å²) in [6.45, 7) is 0. The molecule has 188 valence electrons. The van der Waals surface area contributed by atoms with Gasteiger partial charge in [0, 0.05) is 29.4 Å². The third kappa shape index (κ3) is 5.92. The van der Waals surface area contributed by atoms with E-state index < -0.39 is 32.8 Å². The van der Waals surface area contributed by atoms with Crippen molar-refractivity contribution in [1.29, 1.82) is 0 Å². The largest absolute Gasteiger partial charge is 0.573 e. The van der Waals surface area contributed by atoms with Crippen LogP contribution in [0.5, 0.6) is 17.2 Å². The van der Waals surface area contributed by atoms with Gasteiger partial charge < -0.3 is 15.2 Å². The fourth-order valence-corrected chi connectivity index (χ4v) is 4.95. The molecular formula is C20H12ClF4N5O4S2. The average molecular weight is 562 g/mol. The zero-order valence-electron chi connectivity index (χ0n) is 17.5. The molecular weight excluding hydrogens is 550 g/mol. The van der Waals surface area contributed by atoms with Crippen molar-refractivity contribution in [3.63, 3.8) is 0 Å². The van der Waals surface area contributed by atoms with Crippen LogP contribution in [0.4, 0.5) is 28.5 Å². The van der Waals surface area contributed by atoms with Gasteiger partial charge >= 0.3 is 6.36 Å². The summed E-state index contributed by atoms with van der Waals surface area (Å²) in [4.78, 5) is 6.71. The van der Waals surface area contributed by atoms with Crippen LogP contribution in [-0.4, -0.2) is 29.1 Å². The van der Waals surface area contributed by atoms with E-state index in [0.29, 0.717) is 5.56 Å². The van der Waals surface area contributed by atoms with E-state index >= 15 is 0 Å². The molecule has 0 saturated carbocycles. The Morgan fingerprint density at radius 2 is 1.83 bits per heavy atom. The van der Waals surface area contributed by atoms with E-state index in [9.17, 15) is 26.0 Å². The summed E-state index contributed by atoms with van der Waals surface area (Å²) in [7, 11) is -4.41. The standard InChI is InChI=1S/C20H12ClF4N5O4S2/c21-13-7-17(36(31,32)30-19-28-9-29-35-19)14(22)8-16(13)33-15-2-1-11(34-20(23,24)25)6-12(15)10-3-4-27-18(26)5-10/h1-9H,(H2,26,27)(H,28,29,30). The summed E-state index contributed by atoms with van der Waals surface area (Å²) in [5, 5.41) is -0.391. The van der Waals surface area contributed by atoms with Crippen LogP contribution in [0.1, 0.15) is 0 Å². The lowest BCUT2D eigenvalue weighted by atomic mass is 10.1. The lowest BCUT2D eigenvalue weighted by Gasteiger charge is -2.16. The second kappa shape index (κ2) is 9.75. The number of ether oxygens (including phenoxy) is 2. The first-order chi connectivity index (χ1) is 16.9. The SMILES string of the molecule is Nc1cc(-c2cc(OC(F)(F)F)ccc2Oc2cc(F)c(S(=O)(=O)Nc3ncns3)cc2Cl)ccn1. The van der Waals surface area contributed by atoms with Crippen molar-refractivity contribution in [3.8, 4) is 28.4 Å². The minimum atomic E-state index is -4.95. The van der Waals surface area contributed by atoms with Crippen molar-refractivity contribution < 1.29 is 35.5 Å². The Morgan fingerprint density at radius 1 is 1.06 bits per heavy atom. The molecule has 0 aliphatic rings. The molecule has 2 aromatic carbocycles. The van der Waals surface area contributed by atoms with Gasteiger partial charge in [0.1, 0.15) is 40.1 Å². The molecule has 3 N–H and O–H groups in total. The number of pyridine rings is 1. The molecule has 0 spiro atoms. The van der Waals surface area contributed by atoms with Crippen LogP contribution in [0.15, 0.2) is 59.9 Å². The third-order valence-corrected chi connectivity index (χ3v) is 6.71. The second-order valence-corrected chi connectivity index (χ2v) is 9.68. The van der Waals surface area contributed by atoms with Gasteiger partial charge in [-0.3, -0.25) is 4.72 Å². The lowest BCUT2D eigenvalue weighted by molar-refractivity contribution is -0.274. The molecule has 0 saturated heterocycles. The Morgan fingerprint density at radius 3 is 2.50 bits per heavy atom. The molecule has 16 heteroatoms. The monoisotopic (exact) mass is 561 g/mol. The fourth-order valence-electron chi connectivity index (χ4n) is 2.94. The zero-order chi connectivity index (χ0) is 26.1. The number of hydrogen-bond donors (Lipinski definition) is 2. The molecule has 0 aliphatic carbocycles. The second-order valence-electron chi connectivity index (χ2n) is 6.84. The van der Waals surface area contributed by atoms with Gasteiger partial charge in [-0.15, -0.1) is 13.2 Å². The van der Waals surface area contributed by atoms with Crippen molar-refractivity contribution in [2.24, 2.45) is 0 Å². The number of anilines is 2. The van der Waals surface area contributed by atoms with Crippen LogP contribution in [0.2, 0.25) is 5.02 Å². The van der Waals surface area contributed by atoms with Crippen molar-refractivity contribution in [3.05, 3.63) is 65.8 Å². The van der Waals surface area contributed by atoms with E-state index in [4.69, 9.17) is 22.1 Å². The summed E-state index contributed by atoms with van der Waals surface area (Å²) in [6, 6.07) is 7.52. The average Bonchev–Trinajstić information content (AvgIpc) is 3.28. The van der Waals surface area contributed by atoms with E-state index in [1.807, 2.05) is 0 Å². The highest BCUT2D eigenvalue weighted by atomic mass is 35.5. The topological polar surface area (TPSA) is 129 Å². The van der Waals surface area contributed by atoms with Crippen LogP contribution in [0.3, 0.4) is 0 Å². The number of nitrogen functional groups attached to an aromatic ring is 1. The summed E-state index contributed by atoms with van der Waals surface area (Å²) in [5.41, 5.74) is 6.07. The highest BCUT2D eigenvalue weighted by Crippen LogP contribution is 2.40. The summed E-state index contributed by atoms with van der Waals surface area (Å²) in [5.74, 6) is -2.06. The molecule has 0 amide bonds. The number of nitrogens with zero attached hydrogens (tertiary/aromatic N) is 3. The van der Waals surface area contributed by atoms with Crippen molar-refractivity contribution >= 4 is 44.1 Å². The maximum Gasteiger partial charge on any atom is 0.573 e. The lowest BCUT2D eigenvalue weighted by Crippen LogP contribution is -2.17. The van der Waals surface area contributed by atoms with Gasteiger partial charge in [-0.25, -0.2) is 22.8 Å². The highest BCUT2D eigenvalue weighted by molar-refractivity contribution is 7.93. The van der Waals surface area contributed by atoms with Crippen LogP contribution in [0, 0.1) is 5.82 Å². The number of nitrogens with two attached hydrogens (primary N) is 1. The molecule has 9 nitrogen and oxygen atoms in total. The molecule has 4 aromatic rings. The quantitative estimate of drug-likeness (QED) is 0.284. The van der Waals surface area contributed by atoms with Crippen LogP contribution in [-0.2, 0) is 10.0 Å². The number of benzene rings is 2. The molecule has 0 unspecified atom stereocenters. The van der Waals surface area contributed by atoms with Gasteiger partial charge in [0.15, 0.2) is 0 Å². The van der Waals surface area contributed by atoms with Gasteiger partial charge in [-0.2, -0.15) is 4.37 Å². The zero-order valence-corrected chi connectivity index (χ0v) is 19.8. The maximum atomic E-state index is 14.8. The molecule has 0 bridgehead atoms. The summed E-state index contributed by atoms with van der Waals surface area (Å²) in [6.07, 6.45) is -2.52. The predicted octanol–water partition coefficient (Wildman–Crippen LogP) is 5.47. The number of hydrogen-bond acceptors (Lipinski definition) is 9. The van der Waals surface area contributed by atoms with Gasteiger partial charge in [0.25, 0.3) is 10.0 Å². The van der Waals surface area contributed by atoms with E-state index in [-0.39, 0.29) is 33.0 Å². The normalized spacial score (nSPS) is 11.8. The molecule has 0 aliphatic heterocycles. The van der Waals surface area contributed by atoms with E-state index in [1.165, 1.54) is 18.3 Å². The smallest absolute Gasteiger partial charge is 0.455 e. The Bertz CT molecular complexity index is 1520. The Balaban J connectivity index is 1.72. The number of aromatic nitrogens is 3. The third-order valence-electron chi connectivity index (χ3n) is 4.36. The van der Waals surface area contributed by atoms with Crippen LogP contribution in [0.25, 0.3) is 11.1 Å². The molecule has 36 heavy (non-hydrogen) atoms. The molecule has 0 radical (unpaired) electrons. The number of halogens is 5. The Hall–Kier alpha value is -3.69. The van der Waals surface area contributed by atoms with Gasteiger partial charge in [0.2, 0.25) is 5.13 Å². The Kier molecular flexibility index (Phi) is 6.88. The van der Waals surface area contributed by atoms with Crippen molar-refractivity contribution in [2.45, 2.75) is 11.3 Å². The number of alkyl halides is 3. The van der Waals surface area contributed by atoms with Gasteiger partial charge in [-0.1, -0.05) is 11.6 Å². The molecule has 4 rings (SSSR count). The minimum absolute atomic E-state index is 0.0565. The molecule has 2 heterocycles. The van der Waals surface area contributed by atoms with Gasteiger partial charge in [0.05, 0.1) is 5.02 Å². The number of nitrogens with one attached hydrogen (secondary N) is 1. The first-order valence-electron chi connectivity index (χ1n) is 9.49. The minimum Gasteiger partial charge on any atom is -0.455 e. The van der Waals surface area contributed by atoms with E-state index in [2.05, 4.69) is 23.8 Å². The van der Waals surface area contributed by atoms with Crippen LogP contribution < -0.4 is 19.9 Å². The number of rotatable bonds is 7. The van der Waals surface area contributed by atoms with Crippen molar-refractivity contribution in [2.75, 3.05) is 10.5 Å². The molecule has 0 atom stereocenters. The summed E-state index contributed by atoms with van der Waals surface area (Å²) >= 11 is 6.91. The van der Waals surface area contributed by atoms with E-state index in [0.717, 1.165) is 48.2 Å². The van der Waals surface area contributed by atoms with E-state index in [1.54, 1.807) is 0 Å². The first-order valence-corrected chi connectivity index (χ1v) is 12.1. The highest BCUT2D eigenvalue weighted by Gasteiger charge is 2.31.